The summed E-state index contributed by atoms with van der Waals surface area (Å²) in [5, 5.41) is 6.99. The third-order valence-corrected chi connectivity index (χ3v) is 5.90. The number of carbonyl (C=O) groups is 2. The topological polar surface area (TPSA) is 76.5 Å². The largest absolute Gasteiger partial charge is 0.371 e. The highest BCUT2D eigenvalue weighted by Crippen LogP contribution is 2.42. The van der Waals surface area contributed by atoms with Crippen LogP contribution in [-0.2, 0) is 11.8 Å². The molecule has 2 aliphatic heterocycles. The number of hydrogen-bond acceptors (Lipinski definition) is 4. The number of hydrogen-bond donors (Lipinski definition) is 1. The Morgan fingerprint density at radius 2 is 2.14 bits per heavy atom. The van der Waals surface area contributed by atoms with Crippen LogP contribution in [0.5, 0.6) is 0 Å². The van der Waals surface area contributed by atoms with E-state index in [-0.39, 0.29) is 17.4 Å². The number of benzene rings is 1. The molecule has 0 aliphatic carbocycles. The molecule has 1 aromatic carbocycles. The molecule has 1 spiro atoms. The zero-order valence-electron chi connectivity index (χ0n) is 16.4. The fourth-order valence-corrected chi connectivity index (χ4v) is 4.29. The molecule has 3 heterocycles. The summed E-state index contributed by atoms with van der Waals surface area (Å²) < 4.78 is 7.62. The van der Waals surface area contributed by atoms with Crippen molar-refractivity contribution in [3.63, 3.8) is 0 Å². The van der Waals surface area contributed by atoms with Gasteiger partial charge in [0.05, 0.1) is 13.1 Å². The second kappa shape index (κ2) is 7.39. The smallest absolute Gasteiger partial charge is 0.269 e. The monoisotopic (exact) mass is 382 g/mol. The van der Waals surface area contributed by atoms with Crippen molar-refractivity contribution in [2.24, 2.45) is 13.0 Å². The molecule has 1 N–H and O–H groups in total. The normalized spacial score (nSPS) is 20.2. The Morgan fingerprint density at radius 1 is 1.32 bits per heavy atom. The lowest BCUT2D eigenvalue weighted by Gasteiger charge is -2.50. The van der Waals surface area contributed by atoms with Gasteiger partial charge < -0.3 is 15.0 Å². The molecule has 2 saturated heterocycles. The van der Waals surface area contributed by atoms with Gasteiger partial charge in [-0.2, -0.15) is 5.10 Å². The lowest BCUT2D eigenvalue weighted by Crippen LogP contribution is -2.66. The molecular formula is C21H26N4O3. The van der Waals surface area contributed by atoms with Gasteiger partial charge in [-0.1, -0.05) is 17.7 Å². The number of nitrogens with zero attached hydrogens (tertiary/aromatic N) is 3. The van der Waals surface area contributed by atoms with Crippen LogP contribution in [0.2, 0.25) is 0 Å². The van der Waals surface area contributed by atoms with Gasteiger partial charge in [-0.05, 0) is 43.9 Å². The molecule has 4 rings (SSSR count). The summed E-state index contributed by atoms with van der Waals surface area (Å²) in [5.74, 6) is 0.298. The van der Waals surface area contributed by atoms with Crippen molar-refractivity contribution in [3.8, 4) is 0 Å². The predicted molar refractivity (Wildman–Crippen MR) is 104 cm³/mol. The molecule has 0 bridgehead atoms. The molecular weight excluding hydrogens is 356 g/mol. The first-order valence-electron chi connectivity index (χ1n) is 9.75. The zero-order chi connectivity index (χ0) is 19.7. The molecule has 2 aliphatic rings. The molecule has 2 aromatic rings. The second-order valence-electron chi connectivity index (χ2n) is 7.81. The molecule has 0 radical (unpaired) electrons. The van der Waals surface area contributed by atoms with Crippen LogP contribution in [0.4, 0.5) is 0 Å². The number of nitrogens with one attached hydrogen (secondary N) is 1. The Morgan fingerprint density at radius 3 is 2.86 bits per heavy atom. The van der Waals surface area contributed by atoms with E-state index in [0.29, 0.717) is 37.9 Å². The standard InChI is InChI=1S/C21H26N4O3/c1-15-4-3-5-16(12-15)20(27)25-13-21(14-25)17(8-11-28-21)6-9-22-19(26)18-7-10-23-24(18)2/h3-5,7,10,12,17H,6,8-9,11,13-14H2,1-2H3,(H,22,26). The Labute approximate surface area is 164 Å². The molecule has 2 fully saturated rings. The Hall–Kier alpha value is -2.67. The molecule has 0 saturated carbocycles. The van der Waals surface area contributed by atoms with Crippen molar-refractivity contribution in [3.05, 3.63) is 53.3 Å². The third-order valence-electron chi connectivity index (χ3n) is 5.90. The summed E-state index contributed by atoms with van der Waals surface area (Å²) in [5.41, 5.74) is 2.11. The van der Waals surface area contributed by atoms with Crippen molar-refractivity contribution in [1.29, 1.82) is 0 Å². The van der Waals surface area contributed by atoms with Crippen LogP contribution in [0.25, 0.3) is 0 Å². The lowest BCUT2D eigenvalue weighted by atomic mass is 9.78. The SMILES string of the molecule is Cc1cccc(C(=O)N2CC3(C2)OCCC3CCNC(=O)c2ccnn2C)c1. The summed E-state index contributed by atoms with van der Waals surface area (Å²) in [6, 6.07) is 9.40. The molecule has 1 unspecified atom stereocenters. The molecule has 28 heavy (non-hydrogen) atoms. The quantitative estimate of drug-likeness (QED) is 0.855. The number of rotatable bonds is 5. The van der Waals surface area contributed by atoms with Gasteiger partial charge in [0.15, 0.2) is 0 Å². The fraction of sp³-hybridized carbons (Fsp3) is 0.476. The van der Waals surface area contributed by atoms with E-state index in [1.807, 2.05) is 36.1 Å². The highest BCUT2D eigenvalue weighted by atomic mass is 16.5. The van der Waals surface area contributed by atoms with Gasteiger partial charge in [0, 0.05) is 32.0 Å². The maximum atomic E-state index is 12.7. The van der Waals surface area contributed by atoms with Crippen molar-refractivity contribution < 1.29 is 14.3 Å². The fourth-order valence-electron chi connectivity index (χ4n) is 4.29. The number of likely N-dealkylation sites (tertiary alicyclic amines) is 1. The minimum atomic E-state index is -0.253. The highest BCUT2D eigenvalue weighted by molar-refractivity contribution is 5.95. The van der Waals surface area contributed by atoms with Crippen LogP contribution < -0.4 is 5.32 Å². The summed E-state index contributed by atoms with van der Waals surface area (Å²) in [6.45, 7) is 4.54. The van der Waals surface area contributed by atoms with E-state index < -0.39 is 0 Å². The summed E-state index contributed by atoms with van der Waals surface area (Å²) in [4.78, 5) is 26.8. The van der Waals surface area contributed by atoms with E-state index in [1.165, 1.54) is 0 Å². The first-order valence-corrected chi connectivity index (χ1v) is 9.75. The van der Waals surface area contributed by atoms with Crippen LogP contribution in [0.3, 0.4) is 0 Å². The summed E-state index contributed by atoms with van der Waals surface area (Å²) in [6.07, 6.45) is 3.42. The minimum absolute atomic E-state index is 0.0630. The average Bonchev–Trinajstić information content (AvgIpc) is 3.26. The van der Waals surface area contributed by atoms with E-state index in [2.05, 4.69) is 10.4 Å². The van der Waals surface area contributed by atoms with E-state index in [9.17, 15) is 9.59 Å². The van der Waals surface area contributed by atoms with Crippen LogP contribution in [0, 0.1) is 12.8 Å². The van der Waals surface area contributed by atoms with Crippen LogP contribution in [0.1, 0.15) is 39.3 Å². The van der Waals surface area contributed by atoms with Gasteiger partial charge in [0.25, 0.3) is 11.8 Å². The van der Waals surface area contributed by atoms with Crippen molar-refractivity contribution in [1.82, 2.24) is 20.0 Å². The van der Waals surface area contributed by atoms with Gasteiger partial charge >= 0.3 is 0 Å². The molecule has 1 atom stereocenters. The second-order valence-corrected chi connectivity index (χ2v) is 7.81. The lowest BCUT2D eigenvalue weighted by molar-refractivity contribution is -0.117. The van der Waals surface area contributed by atoms with Gasteiger partial charge in [0.1, 0.15) is 11.3 Å². The van der Waals surface area contributed by atoms with Crippen molar-refractivity contribution >= 4 is 11.8 Å². The highest BCUT2D eigenvalue weighted by Gasteiger charge is 2.54. The summed E-state index contributed by atoms with van der Waals surface area (Å²) in [7, 11) is 1.75. The Balaban J connectivity index is 1.30. The molecule has 2 amide bonds. The van der Waals surface area contributed by atoms with Crippen molar-refractivity contribution in [2.45, 2.75) is 25.4 Å². The molecule has 1 aromatic heterocycles. The molecule has 7 heteroatoms. The van der Waals surface area contributed by atoms with E-state index in [0.717, 1.165) is 24.0 Å². The van der Waals surface area contributed by atoms with Gasteiger partial charge in [-0.15, -0.1) is 0 Å². The Bertz CT molecular complexity index is 885. The summed E-state index contributed by atoms with van der Waals surface area (Å²) >= 11 is 0. The number of carbonyl (C=O) groups excluding carboxylic acids is 2. The number of amides is 2. The van der Waals surface area contributed by atoms with Gasteiger partial charge in [-0.3, -0.25) is 14.3 Å². The van der Waals surface area contributed by atoms with Crippen molar-refractivity contribution in [2.75, 3.05) is 26.2 Å². The Kier molecular flexibility index (Phi) is 4.93. The third kappa shape index (κ3) is 3.42. The number of ether oxygens (including phenoxy) is 1. The predicted octanol–water partition coefficient (Wildman–Crippen LogP) is 1.78. The van der Waals surface area contributed by atoms with Gasteiger partial charge in [0.2, 0.25) is 0 Å². The van der Waals surface area contributed by atoms with E-state index in [4.69, 9.17) is 4.74 Å². The van der Waals surface area contributed by atoms with E-state index >= 15 is 0 Å². The zero-order valence-corrected chi connectivity index (χ0v) is 16.4. The van der Waals surface area contributed by atoms with Gasteiger partial charge in [-0.25, -0.2) is 0 Å². The molecule has 7 nitrogen and oxygen atoms in total. The average molecular weight is 382 g/mol. The maximum absolute atomic E-state index is 12.7. The maximum Gasteiger partial charge on any atom is 0.269 e. The van der Waals surface area contributed by atoms with Crippen LogP contribution >= 0.6 is 0 Å². The van der Waals surface area contributed by atoms with Crippen LogP contribution in [0.15, 0.2) is 36.5 Å². The first-order chi connectivity index (χ1) is 13.5. The van der Waals surface area contributed by atoms with E-state index in [1.54, 1.807) is 24.0 Å². The first kappa shape index (κ1) is 18.7. The number of aromatic nitrogens is 2. The minimum Gasteiger partial charge on any atom is -0.371 e. The van der Waals surface area contributed by atoms with Crippen LogP contribution in [-0.4, -0.2) is 58.3 Å². The molecule has 148 valence electrons. The number of aryl methyl sites for hydroxylation is 2.